The van der Waals surface area contributed by atoms with Gasteiger partial charge in [-0.1, -0.05) is 32.0 Å². The molecule has 0 N–H and O–H groups in total. The standard InChI is InChI=1S/C26H27N2O/c1-15(2)10-19-12-18(5)28(7)22(13-19)25-17(4)11-16(3)24-21-9-8-20(27-6)14-23(21)29-26(24)25/h8-9,11-15H,10H2,1-5,7H3/q+1/i3D3,10D2. The smallest absolute Gasteiger partial charge is 0.216 e. The van der Waals surface area contributed by atoms with E-state index in [-0.39, 0.29) is 11.5 Å². The Hall–Kier alpha value is -3.12. The average Bonchev–Trinajstić information content (AvgIpc) is 3.12. The molecule has 4 rings (SSSR count). The second-order valence-corrected chi connectivity index (χ2v) is 7.84. The summed E-state index contributed by atoms with van der Waals surface area (Å²) in [5.74, 6) is -0.232. The van der Waals surface area contributed by atoms with Crippen LogP contribution >= 0.6 is 0 Å². The van der Waals surface area contributed by atoms with Gasteiger partial charge >= 0.3 is 0 Å². The van der Waals surface area contributed by atoms with E-state index in [1.165, 1.54) is 0 Å². The summed E-state index contributed by atoms with van der Waals surface area (Å²) in [6.45, 7) is 12.4. The minimum Gasteiger partial charge on any atom is -0.456 e. The maximum Gasteiger partial charge on any atom is 0.216 e. The number of nitrogens with zero attached hydrogens (tertiary/aromatic N) is 2. The molecule has 2 heterocycles. The number of rotatable bonds is 3. The number of benzene rings is 2. The lowest BCUT2D eigenvalue weighted by atomic mass is 9.94. The van der Waals surface area contributed by atoms with Crippen LogP contribution in [0.5, 0.6) is 0 Å². The van der Waals surface area contributed by atoms with E-state index in [4.69, 9.17) is 17.8 Å². The summed E-state index contributed by atoms with van der Waals surface area (Å²) in [7, 11) is 1.90. The fraction of sp³-hybridized carbons (Fsp3) is 0.308. The molecule has 0 aliphatic carbocycles. The first kappa shape index (κ1) is 14.0. The molecular formula is C26H27N2O+. The third-order valence-corrected chi connectivity index (χ3v) is 5.31. The minimum absolute atomic E-state index is 0.200. The molecule has 0 saturated carbocycles. The number of aromatic nitrogens is 1. The van der Waals surface area contributed by atoms with Crippen LogP contribution in [-0.4, -0.2) is 0 Å². The van der Waals surface area contributed by atoms with E-state index in [1.807, 2.05) is 51.4 Å². The fourth-order valence-corrected chi connectivity index (χ4v) is 3.91. The highest BCUT2D eigenvalue weighted by molar-refractivity contribution is 6.12. The molecule has 0 atom stereocenters. The van der Waals surface area contributed by atoms with Crippen LogP contribution in [0.2, 0.25) is 0 Å². The zero-order chi connectivity index (χ0) is 25.2. The van der Waals surface area contributed by atoms with E-state index in [1.54, 1.807) is 24.3 Å². The van der Waals surface area contributed by atoms with Crippen molar-refractivity contribution < 1.29 is 15.8 Å². The predicted octanol–water partition coefficient (Wildman–Crippen LogP) is 6.75. The second-order valence-electron chi connectivity index (χ2n) is 7.84. The molecule has 2 aromatic heterocycles. The fourth-order valence-electron chi connectivity index (χ4n) is 3.91. The highest BCUT2D eigenvalue weighted by Crippen LogP contribution is 2.40. The van der Waals surface area contributed by atoms with Gasteiger partial charge in [-0.25, -0.2) is 4.85 Å². The van der Waals surface area contributed by atoms with Crippen LogP contribution < -0.4 is 4.57 Å². The Labute approximate surface area is 179 Å². The zero-order valence-corrected chi connectivity index (χ0v) is 17.3. The van der Waals surface area contributed by atoms with Crippen LogP contribution in [0.25, 0.3) is 38.0 Å². The van der Waals surface area contributed by atoms with Crippen LogP contribution in [0.4, 0.5) is 5.69 Å². The van der Waals surface area contributed by atoms with Crippen molar-refractivity contribution in [1.29, 1.82) is 0 Å². The van der Waals surface area contributed by atoms with E-state index in [9.17, 15) is 0 Å². The van der Waals surface area contributed by atoms with E-state index in [2.05, 4.69) is 4.85 Å². The predicted molar refractivity (Wildman–Crippen MR) is 119 cm³/mol. The second kappa shape index (κ2) is 7.04. The minimum atomic E-state index is -2.36. The van der Waals surface area contributed by atoms with Gasteiger partial charge in [0.1, 0.15) is 18.2 Å². The van der Waals surface area contributed by atoms with Gasteiger partial charge in [-0.15, -0.1) is 0 Å². The van der Waals surface area contributed by atoms with Crippen LogP contribution in [0.3, 0.4) is 0 Å². The van der Waals surface area contributed by atoms with E-state index in [0.29, 0.717) is 33.2 Å². The molecule has 0 spiro atoms. The van der Waals surface area contributed by atoms with Gasteiger partial charge in [-0.05, 0) is 48.8 Å². The van der Waals surface area contributed by atoms with Crippen LogP contribution in [0, 0.1) is 33.2 Å². The number of pyridine rings is 1. The Morgan fingerprint density at radius 3 is 2.66 bits per heavy atom. The molecule has 3 heteroatoms. The lowest BCUT2D eigenvalue weighted by molar-refractivity contribution is -0.666. The summed E-state index contributed by atoms with van der Waals surface area (Å²) in [6.07, 6.45) is -1.54. The molecule has 0 fully saturated rings. The van der Waals surface area contributed by atoms with Gasteiger partial charge in [-0.2, -0.15) is 4.57 Å². The first-order valence-electron chi connectivity index (χ1n) is 12.2. The number of hydrogen-bond donors (Lipinski definition) is 0. The lowest BCUT2D eigenvalue weighted by Crippen LogP contribution is -2.35. The lowest BCUT2D eigenvalue weighted by Gasteiger charge is -2.12. The molecule has 4 aromatic rings. The normalized spacial score (nSPS) is 15.0. The maximum atomic E-state index is 8.64. The number of fused-ring (bicyclic) bond motifs is 3. The zero-order valence-electron chi connectivity index (χ0n) is 22.3. The number of aryl methyl sites for hydroxylation is 3. The summed E-state index contributed by atoms with van der Waals surface area (Å²) in [5.41, 5.74) is 5.11. The van der Waals surface area contributed by atoms with Crippen molar-refractivity contribution in [2.24, 2.45) is 13.0 Å². The van der Waals surface area contributed by atoms with Crippen molar-refractivity contribution in [1.82, 2.24) is 0 Å². The average molecular weight is 389 g/mol. The number of furan rings is 1. The highest BCUT2D eigenvalue weighted by atomic mass is 16.3. The van der Waals surface area contributed by atoms with E-state index in [0.717, 1.165) is 22.5 Å². The van der Waals surface area contributed by atoms with Crippen molar-refractivity contribution in [3.63, 3.8) is 0 Å². The molecule has 146 valence electrons. The van der Waals surface area contributed by atoms with Gasteiger partial charge in [0.25, 0.3) is 0 Å². The summed E-state index contributed by atoms with van der Waals surface area (Å²) in [6, 6.07) is 10.4. The third kappa shape index (κ3) is 3.19. The largest absolute Gasteiger partial charge is 0.456 e. The molecule has 0 unspecified atom stereocenters. The SMILES string of the molecule is [2H]C([2H])([2H])c1cc(C)c(-c2cc(C([2H])([2H])C(C)C)cc(C)[n+]2C)c2oc3cc([N+]#[C-])ccc3c12. The summed E-state index contributed by atoms with van der Waals surface area (Å²) in [5, 5.41) is 1.14. The van der Waals surface area contributed by atoms with Gasteiger partial charge in [0.2, 0.25) is 5.69 Å². The Kier molecular flexibility index (Phi) is 3.39. The molecule has 29 heavy (non-hydrogen) atoms. The Morgan fingerprint density at radius 2 is 1.97 bits per heavy atom. The van der Waals surface area contributed by atoms with Crippen molar-refractivity contribution in [3.8, 4) is 11.3 Å². The molecule has 0 aliphatic heterocycles. The molecule has 0 amide bonds. The van der Waals surface area contributed by atoms with E-state index >= 15 is 0 Å². The quantitative estimate of drug-likeness (QED) is 0.281. The summed E-state index contributed by atoms with van der Waals surface area (Å²) in [4.78, 5) is 3.47. The molecule has 0 radical (unpaired) electrons. The Balaban J connectivity index is 2.18. The topological polar surface area (TPSA) is 21.4 Å². The third-order valence-electron chi connectivity index (χ3n) is 5.31. The monoisotopic (exact) mass is 388 g/mol. The first-order valence-corrected chi connectivity index (χ1v) is 9.66. The van der Waals surface area contributed by atoms with Gasteiger partial charge in [0.05, 0.1) is 12.1 Å². The molecule has 3 nitrogen and oxygen atoms in total. The van der Waals surface area contributed by atoms with Gasteiger partial charge < -0.3 is 4.42 Å². The Morgan fingerprint density at radius 1 is 1.17 bits per heavy atom. The maximum absolute atomic E-state index is 8.64. The number of hydrogen-bond acceptors (Lipinski definition) is 1. The van der Waals surface area contributed by atoms with Gasteiger partial charge in [-0.3, -0.25) is 0 Å². The van der Waals surface area contributed by atoms with Gasteiger partial charge in [0.15, 0.2) is 11.4 Å². The van der Waals surface area contributed by atoms with Crippen LogP contribution in [0.1, 0.15) is 43.1 Å². The van der Waals surface area contributed by atoms with Crippen molar-refractivity contribution in [3.05, 3.63) is 70.2 Å². The molecular weight excluding hydrogens is 356 g/mol. The van der Waals surface area contributed by atoms with Crippen LogP contribution in [-0.2, 0) is 13.4 Å². The van der Waals surface area contributed by atoms with Crippen molar-refractivity contribution in [2.45, 2.75) is 40.9 Å². The first-order chi connectivity index (χ1) is 15.8. The van der Waals surface area contributed by atoms with E-state index < -0.39 is 13.2 Å². The molecule has 0 aliphatic rings. The van der Waals surface area contributed by atoms with Crippen LogP contribution in [0.15, 0.2) is 40.8 Å². The summed E-state index contributed by atoms with van der Waals surface area (Å²) >= 11 is 0. The molecule has 0 saturated heterocycles. The summed E-state index contributed by atoms with van der Waals surface area (Å²) < 4.78 is 50.0. The Bertz CT molecular complexity index is 1490. The highest BCUT2D eigenvalue weighted by Gasteiger charge is 2.24. The van der Waals surface area contributed by atoms with Crippen molar-refractivity contribution >= 4 is 27.6 Å². The van der Waals surface area contributed by atoms with Crippen molar-refractivity contribution in [2.75, 3.05) is 0 Å². The van der Waals surface area contributed by atoms with Gasteiger partial charge in [0, 0.05) is 36.7 Å². The molecule has 2 aromatic carbocycles. The molecule has 0 bridgehead atoms.